The molecule has 0 bridgehead atoms. The average Bonchev–Trinajstić information content (AvgIpc) is 2.46. The molecule has 0 aliphatic heterocycles. The highest BCUT2D eigenvalue weighted by atomic mass is 35.5. The fourth-order valence-corrected chi connectivity index (χ4v) is 2.00. The standard InChI is InChI=1S/C18H17ClO/c1-13(2)15-6-8-16(9-7-15)18(20)12-5-14-3-10-17(19)11-4-14/h3-13H,1-2H3/b12-5+. The van der Waals surface area contributed by atoms with E-state index < -0.39 is 0 Å². The van der Waals surface area contributed by atoms with Crippen LogP contribution >= 0.6 is 11.6 Å². The van der Waals surface area contributed by atoms with Crippen LogP contribution in [0.4, 0.5) is 0 Å². The lowest BCUT2D eigenvalue weighted by Crippen LogP contribution is -1.95. The number of rotatable bonds is 4. The van der Waals surface area contributed by atoms with Gasteiger partial charge in [0.25, 0.3) is 0 Å². The summed E-state index contributed by atoms with van der Waals surface area (Å²) in [7, 11) is 0. The summed E-state index contributed by atoms with van der Waals surface area (Å²) < 4.78 is 0. The number of benzene rings is 2. The molecule has 0 amide bonds. The van der Waals surface area contributed by atoms with Crippen molar-refractivity contribution in [3.63, 3.8) is 0 Å². The molecule has 0 radical (unpaired) electrons. The molecule has 0 saturated heterocycles. The predicted molar refractivity (Wildman–Crippen MR) is 85.3 cm³/mol. The van der Waals surface area contributed by atoms with Gasteiger partial charge in [-0.25, -0.2) is 0 Å². The Bertz CT molecular complexity index is 607. The van der Waals surface area contributed by atoms with Crippen molar-refractivity contribution in [2.75, 3.05) is 0 Å². The van der Waals surface area contributed by atoms with Crippen LogP contribution in [0.25, 0.3) is 6.08 Å². The zero-order valence-electron chi connectivity index (χ0n) is 11.6. The van der Waals surface area contributed by atoms with Crippen LogP contribution in [0.5, 0.6) is 0 Å². The Labute approximate surface area is 124 Å². The van der Waals surface area contributed by atoms with Crippen LogP contribution in [0.15, 0.2) is 54.6 Å². The van der Waals surface area contributed by atoms with Crippen LogP contribution in [0, 0.1) is 0 Å². The SMILES string of the molecule is CC(C)c1ccc(C(=O)/C=C/c2ccc(Cl)cc2)cc1. The Morgan fingerprint density at radius 2 is 1.60 bits per heavy atom. The van der Waals surface area contributed by atoms with Gasteiger partial charge in [-0.2, -0.15) is 0 Å². The van der Waals surface area contributed by atoms with Gasteiger partial charge in [0, 0.05) is 10.6 Å². The minimum atomic E-state index is 0.00950. The molecule has 2 rings (SSSR count). The van der Waals surface area contributed by atoms with Gasteiger partial charge in [-0.3, -0.25) is 4.79 Å². The fraction of sp³-hybridized carbons (Fsp3) is 0.167. The highest BCUT2D eigenvalue weighted by Gasteiger charge is 2.03. The van der Waals surface area contributed by atoms with E-state index in [2.05, 4.69) is 13.8 Å². The Kier molecular flexibility index (Phi) is 4.75. The first-order chi connectivity index (χ1) is 9.56. The molecule has 102 valence electrons. The normalized spacial score (nSPS) is 11.2. The summed E-state index contributed by atoms with van der Waals surface area (Å²) in [6.45, 7) is 4.27. The molecule has 0 aliphatic rings. The van der Waals surface area contributed by atoms with E-state index in [1.54, 1.807) is 12.2 Å². The topological polar surface area (TPSA) is 17.1 Å². The van der Waals surface area contributed by atoms with E-state index in [0.29, 0.717) is 16.5 Å². The number of hydrogen-bond acceptors (Lipinski definition) is 1. The van der Waals surface area contributed by atoms with E-state index in [9.17, 15) is 4.79 Å². The highest BCUT2D eigenvalue weighted by Crippen LogP contribution is 2.16. The number of allylic oxidation sites excluding steroid dienone is 1. The maximum absolute atomic E-state index is 12.1. The van der Waals surface area contributed by atoms with Gasteiger partial charge < -0.3 is 0 Å². The molecule has 0 aromatic heterocycles. The largest absolute Gasteiger partial charge is 0.289 e. The van der Waals surface area contributed by atoms with Gasteiger partial charge in [-0.1, -0.05) is 67.9 Å². The van der Waals surface area contributed by atoms with Gasteiger partial charge >= 0.3 is 0 Å². The molecule has 20 heavy (non-hydrogen) atoms. The summed E-state index contributed by atoms with van der Waals surface area (Å²) in [6.07, 6.45) is 3.39. The zero-order valence-corrected chi connectivity index (χ0v) is 12.4. The van der Waals surface area contributed by atoms with Gasteiger partial charge in [0.15, 0.2) is 5.78 Å². The van der Waals surface area contributed by atoms with E-state index in [1.165, 1.54) is 5.56 Å². The van der Waals surface area contributed by atoms with E-state index in [0.717, 1.165) is 5.56 Å². The number of hydrogen-bond donors (Lipinski definition) is 0. The number of halogens is 1. The third-order valence-corrected chi connectivity index (χ3v) is 3.41. The lowest BCUT2D eigenvalue weighted by molar-refractivity contribution is 0.104. The molecule has 0 heterocycles. The summed E-state index contributed by atoms with van der Waals surface area (Å²) in [4.78, 5) is 12.1. The van der Waals surface area contributed by atoms with E-state index in [-0.39, 0.29) is 5.78 Å². The van der Waals surface area contributed by atoms with Gasteiger partial charge in [0.05, 0.1) is 0 Å². The first-order valence-corrected chi connectivity index (χ1v) is 7.02. The summed E-state index contributed by atoms with van der Waals surface area (Å²) >= 11 is 5.82. The quantitative estimate of drug-likeness (QED) is 0.546. The smallest absolute Gasteiger partial charge is 0.185 e. The van der Waals surface area contributed by atoms with Crippen LogP contribution in [0.1, 0.15) is 41.3 Å². The molecular formula is C18H17ClO. The zero-order chi connectivity index (χ0) is 14.5. The molecule has 0 fully saturated rings. The molecule has 0 atom stereocenters. The third-order valence-electron chi connectivity index (χ3n) is 3.16. The molecule has 0 spiro atoms. The van der Waals surface area contributed by atoms with Crippen LogP contribution in [-0.2, 0) is 0 Å². The second-order valence-corrected chi connectivity index (χ2v) is 5.46. The van der Waals surface area contributed by atoms with Gasteiger partial charge in [0.1, 0.15) is 0 Å². The molecular weight excluding hydrogens is 268 g/mol. The van der Waals surface area contributed by atoms with Crippen molar-refractivity contribution < 1.29 is 4.79 Å². The first-order valence-electron chi connectivity index (χ1n) is 6.64. The second-order valence-electron chi connectivity index (χ2n) is 5.03. The second kappa shape index (κ2) is 6.53. The van der Waals surface area contributed by atoms with Crippen LogP contribution < -0.4 is 0 Å². The monoisotopic (exact) mass is 284 g/mol. The van der Waals surface area contributed by atoms with Crippen LogP contribution in [0.3, 0.4) is 0 Å². The summed E-state index contributed by atoms with van der Waals surface area (Å²) in [5.74, 6) is 0.485. The van der Waals surface area contributed by atoms with Crippen molar-refractivity contribution in [2.24, 2.45) is 0 Å². The maximum atomic E-state index is 12.1. The highest BCUT2D eigenvalue weighted by molar-refractivity contribution is 6.30. The van der Waals surface area contributed by atoms with Crippen LogP contribution in [-0.4, -0.2) is 5.78 Å². The molecule has 2 heteroatoms. The Morgan fingerprint density at radius 1 is 1.00 bits per heavy atom. The third kappa shape index (κ3) is 3.82. The maximum Gasteiger partial charge on any atom is 0.185 e. The number of ketones is 1. The van der Waals surface area contributed by atoms with E-state index in [4.69, 9.17) is 11.6 Å². The summed E-state index contributed by atoms with van der Waals surface area (Å²) in [6, 6.07) is 15.2. The van der Waals surface area contributed by atoms with E-state index >= 15 is 0 Å². The lowest BCUT2D eigenvalue weighted by Gasteiger charge is -2.05. The summed E-state index contributed by atoms with van der Waals surface area (Å²) in [5.41, 5.74) is 2.91. The van der Waals surface area contributed by atoms with Crippen molar-refractivity contribution in [2.45, 2.75) is 19.8 Å². The fourth-order valence-electron chi connectivity index (χ4n) is 1.87. The predicted octanol–water partition coefficient (Wildman–Crippen LogP) is 5.36. The molecule has 0 saturated carbocycles. The minimum absolute atomic E-state index is 0.00950. The Balaban J connectivity index is 2.09. The number of carbonyl (C=O) groups excluding carboxylic acids is 1. The van der Waals surface area contributed by atoms with Crippen molar-refractivity contribution in [3.05, 3.63) is 76.3 Å². The molecule has 0 N–H and O–H groups in total. The average molecular weight is 285 g/mol. The van der Waals surface area contributed by atoms with Crippen molar-refractivity contribution in [1.82, 2.24) is 0 Å². The van der Waals surface area contributed by atoms with E-state index in [1.807, 2.05) is 48.5 Å². The van der Waals surface area contributed by atoms with Crippen LogP contribution in [0.2, 0.25) is 5.02 Å². The minimum Gasteiger partial charge on any atom is -0.289 e. The first kappa shape index (κ1) is 14.5. The Hall–Kier alpha value is -1.86. The van der Waals surface area contributed by atoms with Gasteiger partial charge in [0.2, 0.25) is 0 Å². The lowest BCUT2D eigenvalue weighted by atomic mass is 10.0. The van der Waals surface area contributed by atoms with Crippen molar-refractivity contribution >= 4 is 23.5 Å². The van der Waals surface area contributed by atoms with Gasteiger partial charge in [-0.15, -0.1) is 0 Å². The molecule has 2 aromatic rings. The molecule has 0 unspecified atom stereocenters. The molecule has 0 aliphatic carbocycles. The Morgan fingerprint density at radius 3 is 2.15 bits per heavy atom. The number of carbonyl (C=O) groups is 1. The molecule has 1 nitrogen and oxygen atoms in total. The summed E-state index contributed by atoms with van der Waals surface area (Å²) in [5, 5.41) is 0.692. The molecule has 2 aromatic carbocycles. The van der Waals surface area contributed by atoms with Crippen molar-refractivity contribution in [3.8, 4) is 0 Å². The van der Waals surface area contributed by atoms with Crippen molar-refractivity contribution in [1.29, 1.82) is 0 Å². The van der Waals surface area contributed by atoms with Gasteiger partial charge in [-0.05, 0) is 35.3 Å².